The molecule has 92 valence electrons. The van der Waals surface area contributed by atoms with Crippen molar-refractivity contribution in [2.24, 2.45) is 5.92 Å². The predicted molar refractivity (Wildman–Crippen MR) is 66.7 cm³/mol. The Morgan fingerprint density at radius 3 is 2.35 bits per heavy atom. The fourth-order valence-corrected chi connectivity index (χ4v) is 2.66. The Balaban J connectivity index is 2.17. The van der Waals surface area contributed by atoms with Gasteiger partial charge >= 0.3 is 0 Å². The zero-order valence-corrected chi connectivity index (χ0v) is 10.3. The van der Waals surface area contributed by atoms with Gasteiger partial charge in [0.1, 0.15) is 5.82 Å². The van der Waals surface area contributed by atoms with Crippen molar-refractivity contribution in [1.29, 1.82) is 0 Å². The molecule has 2 rings (SSSR count). The van der Waals surface area contributed by atoms with Crippen molar-refractivity contribution in [3.05, 3.63) is 35.1 Å². The van der Waals surface area contributed by atoms with Gasteiger partial charge in [0.15, 0.2) is 5.78 Å². The molecule has 2 heteroatoms. The summed E-state index contributed by atoms with van der Waals surface area (Å²) in [6, 6.07) is 4.64. The van der Waals surface area contributed by atoms with Gasteiger partial charge in [0.25, 0.3) is 0 Å². The van der Waals surface area contributed by atoms with Gasteiger partial charge in [0.05, 0.1) is 0 Å². The van der Waals surface area contributed by atoms with Gasteiger partial charge in [0, 0.05) is 11.5 Å². The topological polar surface area (TPSA) is 17.1 Å². The maximum Gasteiger partial charge on any atom is 0.166 e. The largest absolute Gasteiger partial charge is 0.294 e. The highest BCUT2D eigenvalue weighted by atomic mass is 19.1. The molecular formula is C15H19FO. The number of hydrogen-bond donors (Lipinski definition) is 0. The van der Waals surface area contributed by atoms with E-state index >= 15 is 0 Å². The van der Waals surface area contributed by atoms with E-state index in [4.69, 9.17) is 0 Å². The van der Waals surface area contributed by atoms with E-state index in [9.17, 15) is 9.18 Å². The lowest BCUT2D eigenvalue weighted by Gasteiger charge is -2.13. The Kier molecular flexibility index (Phi) is 3.93. The van der Waals surface area contributed by atoms with Gasteiger partial charge in [-0.2, -0.15) is 0 Å². The maximum absolute atomic E-state index is 13.3. The Labute approximate surface area is 102 Å². The van der Waals surface area contributed by atoms with Crippen LogP contribution in [0.3, 0.4) is 0 Å². The lowest BCUT2D eigenvalue weighted by atomic mass is 9.90. The molecule has 0 atom stereocenters. The van der Waals surface area contributed by atoms with Gasteiger partial charge in [-0.3, -0.25) is 4.79 Å². The van der Waals surface area contributed by atoms with E-state index in [1.165, 1.54) is 25.0 Å². The molecule has 1 fully saturated rings. The SMILES string of the molecule is Cc1cc(F)cc(C(=O)C2CCCCCC2)c1. The Hall–Kier alpha value is -1.18. The van der Waals surface area contributed by atoms with Crippen LogP contribution in [0.4, 0.5) is 4.39 Å². The maximum atomic E-state index is 13.3. The molecule has 1 aliphatic rings. The highest BCUT2D eigenvalue weighted by Crippen LogP contribution is 2.26. The van der Waals surface area contributed by atoms with Gasteiger partial charge in [0.2, 0.25) is 0 Å². The van der Waals surface area contributed by atoms with E-state index in [1.807, 2.05) is 6.92 Å². The van der Waals surface area contributed by atoms with Crippen molar-refractivity contribution < 1.29 is 9.18 Å². The first-order valence-corrected chi connectivity index (χ1v) is 6.48. The average molecular weight is 234 g/mol. The zero-order valence-electron chi connectivity index (χ0n) is 10.3. The quantitative estimate of drug-likeness (QED) is 0.551. The summed E-state index contributed by atoms with van der Waals surface area (Å²) in [5, 5.41) is 0. The number of carbonyl (C=O) groups is 1. The molecule has 1 aliphatic carbocycles. The molecule has 0 heterocycles. The second-order valence-electron chi connectivity index (χ2n) is 5.07. The van der Waals surface area contributed by atoms with E-state index in [0.29, 0.717) is 5.56 Å². The summed E-state index contributed by atoms with van der Waals surface area (Å²) in [5.74, 6) is -0.0600. The van der Waals surface area contributed by atoms with Crippen LogP contribution in [0.5, 0.6) is 0 Å². The molecule has 1 aromatic rings. The molecule has 0 aliphatic heterocycles. The third kappa shape index (κ3) is 3.15. The van der Waals surface area contributed by atoms with Crippen LogP contribution in [0.1, 0.15) is 54.4 Å². The summed E-state index contributed by atoms with van der Waals surface area (Å²) in [4.78, 5) is 12.3. The smallest absolute Gasteiger partial charge is 0.166 e. The van der Waals surface area contributed by atoms with E-state index in [1.54, 1.807) is 6.07 Å². The molecule has 0 radical (unpaired) electrons. The third-order valence-corrected chi connectivity index (χ3v) is 3.55. The van der Waals surface area contributed by atoms with Gasteiger partial charge in [-0.05, 0) is 43.5 Å². The van der Waals surface area contributed by atoms with Crippen molar-refractivity contribution in [2.45, 2.75) is 45.4 Å². The summed E-state index contributed by atoms with van der Waals surface area (Å²) in [6.07, 6.45) is 6.65. The van der Waals surface area contributed by atoms with Gasteiger partial charge in [-0.25, -0.2) is 4.39 Å². The Morgan fingerprint density at radius 1 is 1.12 bits per heavy atom. The minimum atomic E-state index is -0.304. The van der Waals surface area contributed by atoms with Crippen molar-refractivity contribution in [3.8, 4) is 0 Å². The molecule has 17 heavy (non-hydrogen) atoms. The fraction of sp³-hybridized carbons (Fsp3) is 0.533. The highest BCUT2D eigenvalue weighted by molar-refractivity contribution is 5.98. The van der Waals surface area contributed by atoms with Crippen LogP contribution in [-0.4, -0.2) is 5.78 Å². The Morgan fingerprint density at radius 2 is 1.76 bits per heavy atom. The first kappa shape index (κ1) is 12.3. The van der Waals surface area contributed by atoms with Gasteiger partial charge in [-0.15, -0.1) is 0 Å². The van der Waals surface area contributed by atoms with Crippen LogP contribution >= 0.6 is 0 Å². The second-order valence-corrected chi connectivity index (χ2v) is 5.07. The summed E-state index contributed by atoms with van der Waals surface area (Å²) >= 11 is 0. The first-order valence-electron chi connectivity index (χ1n) is 6.48. The van der Waals surface area contributed by atoms with Gasteiger partial charge < -0.3 is 0 Å². The molecule has 0 N–H and O–H groups in total. The van der Waals surface area contributed by atoms with Crippen LogP contribution in [0, 0.1) is 18.7 Å². The fourth-order valence-electron chi connectivity index (χ4n) is 2.66. The molecule has 1 saturated carbocycles. The molecule has 0 unspecified atom stereocenters. The van der Waals surface area contributed by atoms with Crippen LogP contribution in [0.2, 0.25) is 0 Å². The summed E-state index contributed by atoms with van der Waals surface area (Å²) < 4.78 is 13.3. The summed E-state index contributed by atoms with van der Waals surface area (Å²) in [6.45, 7) is 1.83. The standard InChI is InChI=1S/C15H19FO/c1-11-8-13(10-14(16)9-11)15(17)12-6-4-2-3-5-7-12/h8-10,12H,2-7H2,1H3. The van der Waals surface area contributed by atoms with Crippen molar-refractivity contribution in [2.75, 3.05) is 0 Å². The predicted octanol–water partition coefficient (Wildman–Crippen LogP) is 4.29. The highest BCUT2D eigenvalue weighted by Gasteiger charge is 2.21. The minimum Gasteiger partial charge on any atom is -0.294 e. The number of benzene rings is 1. The van der Waals surface area contributed by atoms with E-state index in [-0.39, 0.29) is 17.5 Å². The number of halogens is 1. The molecule has 0 spiro atoms. The zero-order chi connectivity index (χ0) is 12.3. The molecule has 0 saturated heterocycles. The first-order chi connectivity index (χ1) is 8.16. The number of ketones is 1. The van der Waals surface area contributed by atoms with Crippen molar-refractivity contribution in [1.82, 2.24) is 0 Å². The monoisotopic (exact) mass is 234 g/mol. The molecule has 1 nitrogen and oxygen atoms in total. The molecule has 1 aromatic carbocycles. The van der Waals surface area contributed by atoms with Crippen molar-refractivity contribution in [3.63, 3.8) is 0 Å². The molecule has 0 bridgehead atoms. The van der Waals surface area contributed by atoms with Crippen molar-refractivity contribution >= 4 is 5.78 Å². The second kappa shape index (κ2) is 5.44. The number of Topliss-reactive ketones (excluding diaryl/α,β-unsaturated/α-hetero) is 1. The molecule has 0 aromatic heterocycles. The van der Waals surface area contributed by atoms with Gasteiger partial charge in [-0.1, -0.05) is 25.7 Å². The molecule has 0 amide bonds. The van der Waals surface area contributed by atoms with Crippen LogP contribution in [-0.2, 0) is 0 Å². The molecular weight excluding hydrogens is 215 g/mol. The Bertz CT molecular complexity index is 383. The number of rotatable bonds is 2. The number of hydrogen-bond acceptors (Lipinski definition) is 1. The third-order valence-electron chi connectivity index (χ3n) is 3.55. The summed E-state index contributed by atoms with van der Waals surface area (Å²) in [5.41, 5.74) is 1.37. The van der Waals surface area contributed by atoms with Crippen LogP contribution in [0.15, 0.2) is 18.2 Å². The van der Waals surface area contributed by atoms with Crippen LogP contribution < -0.4 is 0 Å². The number of aryl methyl sites for hydroxylation is 1. The lowest BCUT2D eigenvalue weighted by Crippen LogP contribution is -2.14. The lowest BCUT2D eigenvalue weighted by molar-refractivity contribution is 0.0907. The normalized spacial score (nSPS) is 17.8. The minimum absolute atomic E-state index is 0.110. The summed E-state index contributed by atoms with van der Waals surface area (Å²) in [7, 11) is 0. The van der Waals surface area contributed by atoms with Crippen LogP contribution in [0.25, 0.3) is 0 Å². The number of carbonyl (C=O) groups excluding carboxylic acids is 1. The van der Waals surface area contributed by atoms with E-state index in [0.717, 1.165) is 31.2 Å². The average Bonchev–Trinajstić information content (AvgIpc) is 2.55. The van der Waals surface area contributed by atoms with E-state index in [2.05, 4.69) is 0 Å². The van der Waals surface area contributed by atoms with E-state index < -0.39 is 0 Å².